The van der Waals surface area contributed by atoms with Gasteiger partial charge in [0.2, 0.25) is 11.8 Å². The summed E-state index contributed by atoms with van der Waals surface area (Å²) in [6, 6.07) is 2.82. The molecule has 206 valence electrons. The lowest BCUT2D eigenvalue weighted by Crippen LogP contribution is -2.40. The first-order valence-electron chi connectivity index (χ1n) is 11.4. The van der Waals surface area contributed by atoms with Crippen molar-refractivity contribution in [3.63, 3.8) is 0 Å². The Morgan fingerprint density at radius 1 is 1.13 bits per heavy atom. The van der Waals surface area contributed by atoms with Crippen molar-refractivity contribution in [2.45, 2.75) is 44.3 Å². The monoisotopic (exact) mass is 583 g/mol. The quantitative estimate of drug-likeness (QED) is 0.304. The number of imidazole rings is 1. The Morgan fingerprint density at radius 3 is 2.34 bits per heavy atom. The molecule has 0 atom stereocenters. The molecule has 15 heteroatoms. The van der Waals surface area contributed by atoms with Crippen LogP contribution in [0.3, 0.4) is 0 Å². The number of pyridine rings is 1. The van der Waals surface area contributed by atoms with Crippen LogP contribution in [0.15, 0.2) is 18.2 Å². The standard InChI is InChI=1S/C23H21Cl2F6N5O2/c1-36-19-16(33-22(36)34-18-14(24)6-11(26)7-15(18)25)8-13(21(35-19)38-9-17(27)28)20(37)32-12-4-2-10(3-5-12)23(29,30)31/h6-8,10,12,17H,2-5,9H2,1H3,(H,32,37)(H,33,34)/t10-,12-. The highest BCUT2D eigenvalue weighted by molar-refractivity contribution is 6.39. The molecule has 1 saturated carbocycles. The molecule has 1 amide bonds. The number of carbonyl (C=O) groups is 1. The maximum Gasteiger partial charge on any atom is 0.391 e. The molecule has 2 N–H and O–H groups in total. The van der Waals surface area contributed by atoms with Crippen molar-refractivity contribution in [1.29, 1.82) is 0 Å². The fourth-order valence-corrected chi connectivity index (χ4v) is 4.78. The number of benzene rings is 1. The minimum Gasteiger partial charge on any atom is -0.471 e. The lowest BCUT2D eigenvalue weighted by atomic mass is 9.85. The molecule has 7 nitrogen and oxygen atoms in total. The Hall–Kier alpha value is -2.93. The second-order valence-electron chi connectivity index (χ2n) is 8.81. The summed E-state index contributed by atoms with van der Waals surface area (Å²) in [5, 5.41) is 5.44. The van der Waals surface area contributed by atoms with Crippen LogP contribution in [0.5, 0.6) is 5.88 Å². The van der Waals surface area contributed by atoms with Gasteiger partial charge in [-0.3, -0.25) is 9.36 Å². The number of fused-ring (bicyclic) bond motifs is 1. The van der Waals surface area contributed by atoms with Crippen LogP contribution in [0, 0.1) is 11.7 Å². The summed E-state index contributed by atoms with van der Waals surface area (Å²) in [6.07, 6.45) is -7.21. The van der Waals surface area contributed by atoms with Gasteiger partial charge in [-0.2, -0.15) is 18.2 Å². The fourth-order valence-electron chi connectivity index (χ4n) is 4.22. The maximum absolute atomic E-state index is 13.5. The second kappa shape index (κ2) is 11.0. The maximum atomic E-state index is 13.5. The largest absolute Gasteiger partial charge is 0.471 e. The van der Waals surface area contributed by atoms with Crippen molar-refractivity contribution < 1.29 is 35.9 Å². The third-order valence-corrected chi connectivity index (χ3v) is 6.77. The van der Waals surface area contributed by atoms with Crippen LogP contribution in [0.4, 0.5) is 38.0 Å². The van der Waals surface area contributed by atoms with Gasteiger partial charge in [-0.1, -0.05) is 23.2 Å². The number of hydrogen-bond acceptors (Lipinski definition) is 5. The summed E-state index contributed by atoms with van der Waals surface area (Å²) in [7, 11) is 1.53. The van der Waals surface area contributed by atoms with E-state index in [0.717, 1.165) is 12.1 Å². The van der Waals surface area contributed by atoms with E-state index in [2.05, 4.69) is 20.6 Å². The third-order valence-electron chi connectivity index (χ3n) is 6.17. The highest BCUT2D eigenvalue weighted by atomic mass is 35.5. The Bertz CT molecular complexity index is 1320. The van der Waals surface area contributed by atoms with Gasteiger partial charge in [-0.05, 0) is 43.9 Å². The van der Waals surface area contributed by atoms with Crippen molar-refractivity contribution >= 4 is 51.9 Å². The number of carbonyl (C=O) groups excluding carboxylic acids is 1. The van der Waals surface area contributed by atoms with E-state index in [9.17, 15) is 31.1 Å². The summed E-state index contributed by atoms with van der Waals surface area (Å²) < 4.78 is 84.7. The van der Waals surface area contributed by atoms with Crippen molar-refractivity contribution in [3.05, 3.63) is 39.6 Å². The molecular weight excluding hydrogens is 563 g/mol. The van der Waals surface area contributed by atoms with E-state index in [1.165, 1.54) is 17.7 Å². The number of aryl methyl sites for hydroxylation is 1. The predicted molar refractivity (Wildman–Crippen MR) is 129 cm³/mol. The molecule has 0 saturated heterocycles. The molecule has 1 aliphatic rings. The molecule has 0 bridgehead atoms. The highest BCUT2D eigenvalue weighted by Gasteiger charge is 2.41. The zero-order valence-corrected chi connectivity index (χ0v) is 21.2. The van der Waals surface area contributed by atoms with Crippen molar-refractivity contribution in [2.75, 3.05) is 11.9 Å². The average molecular weight is 584 g/mol. The van der Waals surface area contributed by atoms with Crippen LogP contribution in [-0.2, 0) is 7.05 Å². The van der Waals surface area contributed by atoms with Crippen LogP contribution in [0.2, 0.25) is 10.0 Å². The Kier molecular flexibility index (Phi) is 8.17. The summed E-state index contributed by atoms with van der Waals surface area (Å²) in [6.45, 7) is -1.04. The van der Waals surface area contributed by atoms with Crippen LogP contribution in [0.1, 0.15) is 36.0 Å². The second-order valence-corrected chi connectivity index (χ2v) is 9.63. The molecule has 1 fully saturated rings. The molecule has 0 aliphatic heterocycles. The van der Waals surface area contributed by atoms with Crippen LogP contribution in [-0.4, -0.2) is 45.7 Å². The van der Waals surface area contributed by atoms with Gasteiger partial charge in [-0.25, -0.2) is 18.2 Å². The van der Waals surface area contributed by atoms with Gasteiger partial charge in [0.15, 0.2) is 12.3 Å². The zero-order valence-electron chi connectivity index (χ0n) is 19.7. The van der Waals surface area contributed by atoms with E-state index in [0.29, 0.717) is 0 Å². The summed E-state index contributed by atoms with van der Waals surface area (Å²) in [5.41, 5.74) is 0.251. The van der Waals surface area contributed by atoms with Crippen molar-refractivity contribution in [3.8, 4) is 5.88 Å². The molecule has 2 heterocycles. The fraction of sp³-hybridized carbons (Fsp3) is 0.435. The van der Waals surface area contributed by atoms with E-state index >= 15 is 0 Å². The molecule has 0 unspecified atom stereocenters. The minimum absolute atomic E-state index is 0.0312. The van der Waals surface area contributed by atoms with Gasteiger partial charge in [-0.15, -0.1) is 0 Å². The van der Waals surface area contributed by atoms with Crippen molar-refractivity contribution in [2.24, 2.45) is 13.0 Å². The minimum atomic E-state index is -4.30. The van der Waals surface area contributed by atoms with Gasteiger partial charge in [0.25, 0.3) is 12.3 Å². The number of nitrogens with zero attached hydrogens (tertiary/aromatic N) is 3. The molecular formula is C23H21Cl2F6N5O2. The first kappa shape index (κ1) is 28.1. The van der Waals surface area contributed by atoms with Crippen molar-refractivity contribution in [1.82, 2.24) is 19.9 Å². The number of ether oxygens (including phenoxy) is 1. The SMILES string of the molecule is Cn1c(Nc2c(Cl)cc(F)cc2Cl)nc2cc(C(=O)N[C@H]3CC[C@H](C(F)(F)F)CC3)c(OCC(F)F)nc21. The van der Waals surface area contributed by atoms with Gasteiger partial charge >= 0.3 is 6.18 Å². The molecule has 2 aromatic heterocycles. The molecule has 1 aromatic carbocycles. The van der Waals surface area contributed by atoms with E-state index in [1.54, 1.807) is 0 Å². The number of hydrogen-bond donors (Lipinski definition) is 2. The molecule has 3 aromatic rings. The normalized spacial score (nSPS) is 18.2. The molecule has 0 radical (unpaired) electrons. The topological polar surface area (TPSA) is 81.1 Å². The predicted octanol–water partition coefficient (Wildman–Crippen LogP) is 6.65. The Labute approximate surface area is 222 Å². The number of alkyl halides is 5. The smallest absolute Gasteiger partial charge is 0.391 e. The Morgan fingerprint density at radius 2 is 1.76 bits per heavy atom. The summed E-state index contributed by atoms with van der Waals surface area (Å²) >= 11 is 12.2. The van der Waals surface area contributed by atoms with E-state index in [-0.39, 0.29) is 64.1 Å². The van der Waals surface area contributed by atoms with Gasteiger partial charge < -0.3 is 15.4 Å². The average Bonchev–Trinajstić information content (AvgIpc) is 3.13. The van der Waals surface area contributed by atoms with E-state index in [1.807, 2.05) is 0 Å². The molecule has 38 heavy (non-hydrogen) atoms. The number of rotatable bonds is 7. The molecule has 1 aliphatic carbocycles. The molecule has 4 rings (SSSR count). The summed E-state index contributed by atoms with van der Waals surface area (Å²) in [5.74, 6) is -3.09. The zero-order chi connectivity index (χ0) is 27.8. The van der Waals surface area contributed by atoms with Gasteiger partial charge in [0.05, 0.1) is 21.7 Å². The van der Waals surface area contributed by atoms with Crippen LogP contribution < -0.4 is 15.4 Å². The number of amides is 1. The number of nitrogens with one attached hydrogen (secondary N) is 2. The van der Waals surface area contributed by atoms with Gasteiger partial charge in [0, 0.05) is 13.1 Å². The number of aromatic nitrogens is 3. The highest BCUT2D eigenvalue weighted by Crippen LogP contribution is 2.38. The van der Waals surface area contributed by atoms with E-state index in [4.69, 9.17) is 27.9 Å². The first-order chi connectivity index (χ1) is 17.8. The number of halogens is 8. The van der Waals surface area contributed by atoms with Gasteiger partial charge in [0.1, 0.15) is 16.9 Å². The first-order valence-corrected chi connectivity index (χ1v) is 12.2. The number of anilines is 2. The van der Waals surface area contributed by atoms with E-state index < -0.39 is 48.8 Å². The molecule has 0 spiro atoms. The third kappa shape index (κ3) is 6.20. The lowest BCUT2D eigenvalue weighted by Gasteiger charge is -2.30. The lowest BCUT2D eigenvalue weighted by molar-refractivity contribution is -0.182. The van der Waals surface area contributed by atoms with Crippen LogP contribution >= 0.6 is 23.2 Å². The Balaban J connectivity index is 1.62. The van der Waals surface area contributed by atoms with Crippen LogP contribution in [0.25, 0.3) is 11.2 Å². The summed E-state index contributed by atoms with van der Waals surface area (Å²) in [4.78, 5) is 21.6.